The van der Waals surface area contributed by atoms with Crippen LogP contribution in [0, 0.1) is 6.10 Å². The molecule has 13 heavy (non-hydrogen) atoms. The number of halogens is 2. The van der Waals surface area contributed by atoms with Gasteiger partial charge < -0.3 is 4.74 Å². The van der Waals surface area contributed by atoms with E-state index in [0.717, 1.165) is 31.1 Å². The van der Waals surface area contributed by atoms with Crippen LogP contribution in [0.1, 0.15) is 18.4 Å². The van der Waals surface area contributed by atoms with Gasteiger partial charge in [0.25, 0.3) is 0 Å². The fourth-order valence-corrected chi connectivity index (χ4v) is 1.81. The average molecular weight is 217 g/mol. The number of ether oxygens (including phenoxy) is 1. The van der Waals surface area contributed by atoms with E-state index in [-0.39, 0.29) is 0 Å². The van der Waals surface area contributed by atoms with E-state index in [1.807, 2.05) is 0 Å². The van der Waals surface area contributed by atoms with Crippen molar-refractivity contribution in [1.29, 1.82) is 0 Å². The molecule has 0 amide bonds. The first-order valence-corrected chi connectivity index (χ1v) is 4.83. The molecule has 1 fully saturated rings. The number of aromatic nitrogens is 1. The Morgan fingerprint density at radius 3 is 2.46 bits per heavy atom. The maximum atomic E-state index is 5.76. The molecule has 1 aliphatic heterocycles. The molecule has 0 spiro atoms. The first-order valence-electron chi connectivity index (χ1n) is 4.08. The first-order chi connectivity index (χ1) is 6.25. The summed E-state index contributed by atoms with van der Waals surface area (Å²) in [6.07, 6.45) is 2.98. The third kappa shape index (κ3) is 2.13. The van der Waals surface area contributed by atoms with E-state index in [2.05, 4.69) is 4.98 Å². The van der Waals surface area contributed by atoms with Crippen LogP contribution in [-0.4, -0.2) is 11.6 Å². The maximum Gasteiger partial charge on any atom is 0.131 e. The molecule has 1 radical (unpaired) electrons. The highest BCUT2D eigenvalue weighted by Crippen LogP contribution is 2.29. The van der Waals surface area contributed by atoms with Gasteiger partial charge in [-0.25, -0.2) is 4.98 Å². The van der Waals surface area contributed by atoms with Crippen molar-refractivity contribution in [2.24, 2.45) is 0 Å². The van der Waals surface area contributed by atoms with E-state index in [1.54, 1.807) is 12.1 Å². The van der Waals surface area contributed by atoms with E-state index in [1.165, 1.54) is 0 Å². The summed E-state index contributed by atoms with van der Waals surface area (Å²) in [6, 6.07) is 3.54. The molecule has 0 aromatic carbocycles. The average Bonchev–Trinajstić information content (AvgIpc) is 2.53. The molecule has 0 N–H and O–H groups in total. The van der Waals surface area contributed by atoms with Crippen LogP contribution < -0.4 is 0 Å². The Hall–Kier alpha value is -0.310. The molecule has 1 aromatic heterocycles. The third-order valence-electron chi connectivity index (χ3n) is 1.91. The minimum atomic E-state index is 0.408. The van der Waals surface area contributed by atoms with Crippen LogP contribution in [0.2, 0.25) is 10.3 Å². The zero-order chi connectivity index (χ0) is 9.26. The zero-order valence-corrected chi connectivity index (χ0v) is 8.40. The van der Waals surface area contributed by atoms with E-state index in [9.17, 15) is 0 Å². The second kappa shape index (κ2) is 3.82. The van der Waals surface area contributed by atoms with Crippen LogP contribution >= 0.6 is 23.2 Å². The smallest absolute Gasteiger partial charge is 0.131 e. The SMILES string of the molecule is Clc1cc([C]2CCCO2)cc(Cl)n1. The van der Waals surface area contributed by atoms with Gasteiger partial charge in [0.2, 0.25) is 0 Å². The van der Waals surface area contributed by atoms with Crippen molar-refractivity contribution in [1.82, 2.24) is 4.98 Å². The molecule has 1 aliphatic rings. The molecule has 0 atom stereocenters. The lowest BCUT2D eigenvalue weighted by Gasteiger charge is -2.08. The third-order valence-corrected chi connectivity index (χ3v) is 2.30. The lowest BCUT2D eigenvalue weighted by Crippen LogP contribution is -1.97. The summed E-state index contributed by atoms with van der Waals surface area (Å²) >= 11 is 11.5. The summed E-state index contributed by atoms with van der Waals surface area (Å²) in [4.78, 5) is 3.87. The molecular formula is C9H8Cl2NO. The second-order valence-electron chi connectivity index (χ2n) is 2.88. The Balaban J connectivity index is 2.28. The van der Waals surface area contributed by atoms with Gasteiger partial charge >= 0.3 is 0 Å². The summed E-state index contributed by atoms with van der Waals surface area (Å²) in [7, 11) is 0. The molecule has 4 heteroatoms. The summed E-state index contributed by atoms with van der Waals surface area (Å²) in [5.41, 5.74) is 0.947. The van der Waals surface area contributed by atoms with Crippen molar-refractivity contribution in [3.63, 3.8) is 0 Å². The second-order valence-corrected chi connectivity index (χ2v) is 3.65. The Bertz CT molecular complexity index is 290. The lowest BCUT2D eigenvalue weighted by atomic mass is 10.1. The molecule has 0 unspecified atom stereocenters. The summed E-state index contributed by atoms with van der Waals surface area (Å²) in [6.45, 7) is 0.785. The first kappa shape index (κ1) is 9.25. The Labute approximate surface area is 86.8 Å². The monoisotopic (exact) mass is 216 g/mol. The predicted octanol–water partition coefficient (Wildman–Crippen LogP) is 3.08. The molecule has 2 nitrogen and oxygen atoms in total. The Morgan fingerprint density at radius 2 is 1.92 bits per heavy atom. The van der Waals surface area contributed by atoms with Crippen molar-refractivity contribution in [3.8, 4) is 0 Å². The molecular weight excluding hydrogens is 209 g/mol. The topological polar surface area (TPSA) is 22.1 Å². The van der Waals surface area contributed by atoms with Crippen LogP contribution in [0.5, 0.6) is 0 Å². The molecule has 2 rings (SSSR count). The fraction of sp³-hybridized carbons (Fsp3) is 0.333. The van der Waals surface area contributed by atoms with Gasteiger partial charge in [-0.1, -0.05) is 23.2 Å². The molecule has 1 aromatic rings. The van der Waals surface area contributed by atoms with Crippen LogP contribution in [0.15, 0.2) is 12.1 Å². The predicted molar refractivity (Wildman–Crippen MR) is 51.8 cm³/mol. The van der Waals surface area contributed by atoms with Crippen molar-refractivity contribution in [3.05, 3.63) is 34.1 Å². The van der Waals surface area contributed by atoms with Crippen molar-refractivity contribution >= 4 is 23.2 Å². The normalized spacial score (nSPS) is 18.0. The van der Waals surface area contributed by atoms with Gasteiger partial charge in [-0.15, -0.1) is 0 Å². The maximum absolute atomic E-state index is 5.76. The van der Waals surface area contributed by atoms with Gasteiger partial charge in [0.15, 0.2) is 0 Å². The van der Waals surface area contributed by atoms with Gasteiger partial charge in [-0.2, -0.15) is 0 Å². The van der Waals surface area contributed by atoms with E-state index in [4.69, 9.17) is 27.9 Å². The minimum absolute atomic E-state index is 0.408. The van der Waals surface area contributed by atoms with E-state index in [0.29, 0.717) is 10.3 Å². The van der Waals surface area contributed by atoms with Gasteiger partial charge in [-0.3, -0.25) is 0 Å². The van der Waals surface area contributed by atoms with Crippen LogP contribution in [0.4, 0.5) is 0 Å². The van der Waals surface area contributed by atoms with E-state index >= 15 is 0 Å². The number of pyridine rings is 1. The van der Waals surface area contributed by atoms with Gasteiger partial charge in [0, 0.05) is 6.61 Å². The lowest BCUT2D eigenvalue weighted by molar-refractivity contribution is 0.216. The summed E-state index contributed by atoms with van der Waals surface area (Å²) < 4.78 is 5.42. The fourth-order valence-electron chi connectivity index (χ4n) is 1.35. The standard InChI is InChI=1S/C9H8Cl2NO/c10-8-4-6(5-9(11)12-8)7-2-1-3-13-7/h4-5H,1-3H2. The van der Waals surface area contributed by atoms with E-state index < -0.39 is 0 Å². The van der Waals surface area contributed by atoms with Crippen molar-refractivity contribution in [2.45, 2.75) is 12.8 Å². The van der Waals surface area contributed by atoms with Crippen LogP contribution in [0.25, 0.3) is 0 Å². The van der Waals surface area contributed by atoms with Crippen molar-refractivity contribution < 1.29 is 4.74 Å². The Kier molecular flexibility index (Phi) is 2.72. The molecule has 69 valence electrons. The van der Waals surface area contributed by atoms with Gasteiger partial charge in [0.1, 0.15) is 16.4 Å². The van der Waals surface area contributed by atoms with Gasteiger partial charge in [-0.05, 0) is 30.5 Å². The summed E-state index contributed by atoms with van der Waals surface area (Å²) in [5, 5.41) is 0.816. The highest BCUT2D eigenvalue weighted by Gasteiger charge is 2.19. The largest absolute Gasteiger partial charge is 0.367 e. The van der Waals surface area contributed by atoms with Crippen LogP contribution in [-0.2, 0) is 4.74 Å². The number of nitrogens with zero attached hydrogens (tertiary/aromatic N) is 1. The van der Waals surface area contributed by atoms with Crippen LogP contribution in [0.3, 0.4) is 0 Å². The Morgan fingerprint density at radius 1 is 1.23 bits per heavy atom. The molecule has 2 heterocycles. The van der Waals surface area contributed by atoms with Crippen molar-refractivity contribution in [2.75, 3.05) is 6.61 Å². The highest BCUT2D eigenvalue weighted by atomic mass is 35.5. The quantitative estimate of drug-likeness (QED) is 0.674. The zero-order valence-electron chi connectivity index (χ0n) is 6.89. The number of rotatable bonds is 1. The molecule has 0 aliphatic carbocycles. The minimum Gasteiger partial charge on any atom is -0.367 e. The summed E-state index contributed by atoms with van der Waals surface area (Å²) in [5.74, 6) is 0. The molecule has 0 bridgehead atoms. The highest BCUT2D eigenvalue weighted by molar-refractivity contribution is 6.32. The molecule has 0 saturated carbocycles. The number of hydrogen-bond donors (Lipinski definition) is 0. The number of hydrogen-bond acceptors (Lipinski definition) is 2. The van der Waals surface area contributed by atoms with Gasteiger partial charge in [0.05, 0.1) is 0 Å². The molecule has 1 saturated heterocycles.